The molecule has 2 aromatic carbocycles. The number of nitrogens with one attached hydrogen (secondary N) is 1. The van der Waals surface area contributed by atoms with E-state index >= 15 is 0 Å². The molecule has 0 aromatic heterocycles. The molecule has 2 aromatic rings. The minimum Gasteiger partial charge on any atom is -0.389 e. The van der Waals surface area contributed by atoms with E-state index in [0.717, 1.165) is 23.1 Å². The molecule has 0 spiro atoms. The van der Waals surface area contributed by atoms with Crippen LogP contribution in [0.1, 0.15) is 24.8 Å². The molecule has 2 fully saturated rings. The van der Waals surface area contributed by atoms with E-state index in [0.29, 0.717) is 23.2 Å². The molecule has 108 valence electrons. The van der Waals surface area contributed by atoms with Crippen molar-refractivity contribution >= 4 is 33.7 Å². The fourth-order valence-corrected chi connectivity index (χ4v) is 3.81. The van der Waals surface area contributed by atoms with Gasteiger partial charge < -0.3 is 15.8 Å². The maximum Gasteiger partial charge on any atom is 0.104 e. The van der Waals surface area contributed by atoms with Crippen LogP contribution in [0.4, 0.5) is 5.69 Å². The number of hydrogen-bond acceptors (Lipinski definition) is 3. The summed E-state index contributed by atoms with van der Waals surface area (Å²) in [5.41, 5.74) is 7.92. The van der Waals surface area contributed by atoms with E-state index in [-0.39, 0.29) is 0 Å². The largest absolute Gasteiger partial charge is 0.389 e. The van der Waals surface area contributed by atoms with Gasteiger partial charge in [0.2, 0.25) is 0 Å². The van der Waals surface area contributed by atoms with Gasteiger partial charge in [0.15, 0.2) is 0 Å². The van der Waals surface area contributed by atoms with Crippen molar-refractivity contribution in [3.05, 3.63) is 42.0 Å². The van der Waals surface area contributed by atoms with Crippen molar-refractivity contribution in [2.24, 2.45) is 5.73 Å². The first kappa shape index (κ1) is 13.0. The summed E-state index contributed by atoms with van der Waals surface area (Å²) < 4.78 is 5.93. The van der Waals surface area contributed by atoms with E-state index in [1.54, 1.807) is 0 Å². The van der Waals surface area contributed by atoms with Crippen molar-refractivity contribution in [3.8, 4) is 0 Å². The Labute approximate surface area is 129 Å². The lowest BCUT2D eigenvalue weighted by Gasteiger charge is -2.22. The third kappa shape index (κ3) is 2.19. The molecule has 4 rings (SSSR count). The van der Waals surface area contributed by atoms with Crippen molar-refractivity contribution < 1.29 is 4.74 Å². The summed E-state index contributed by atoms with van der Waals surface area (Å²) >= 11 is 5.16. The highest BCUT2D eigenvalue weighted by molar-refractivity contribution is 7.80. The normalized spacial score (nSPS) is 27.1. The van der Waals surface area contributed by atoms with Gasteiger partial charge in [0, 0.05) is 16.6 Å². The molecule has 2 saturated heterocycles. The predicted octanol–water partition coefficient (Wildman–Crippen LogP) is 3.21. The number of fused-ring (bicyclic) bond motifs is 3. The first-order chi connectivity index (χ1) is 10.2. The lowest BCUT2D eigenvalue weighted by molar-refractivity contribution is 0.102. The van der Waals surface area contributed by atoms with Gasteiger partial charge in [-0.15, -0.1) is 0 Å². The van der Waals surface area contributed by atoms with Gasteiger partial charge in [0.05, 0.1) is 18.2 Å². The third-order valence-electron chi connectivity index (χ3n) is 4.64. The van der Waals surface area contributed by atoms with Crippen LogP contribution in [-0.4, -0.2) is 23.2 Å². The fraction of sp³-hybridized carbons (Fsp3) is 0.353. The van der Waals surface area contributed by atoms with Crippen molar-refractivity contribution in [3.63, 3.8) is 0 Å². The Bertz CT molecular complexity index is 715. The highest BCUT2D eigenvalue weighted by Gasteiger charge is 2.40. The van der Waals surface area contributed by atoms with Crippen LogP contribution in [0.2, 0.25) is 0 Å². The number of benzene rings is 2. The summed E-state index contributed by atoms with van der Waals surface area (Å²) in [7, 11) is 0. The van der Waals surface area contributed by atoms with Crippen LogP contribution >= 0.6 is 12.2 Å². The van der Waals surface area contributed by atoms with Gasteiger partial charge in [-0.3, -0.25) is 0 Å². The molecule has 3 nitrogen and oxygen atoms in total. The zero-order valence-electron chi connectivity index (χ0n) is 11.7. The second kappa shape index (κ2) is 4.97. The minimum atomic E-state index is 0.365. The van der Waals surface area contributed by atoms with Crippen molar-refractivity contribution in [2.75, 3.05) is 5.32 Å². The molecule has 0 amide bonds. The second-order valence-electron chi connectivity index (χ2n) is 5.93. The summed E-state index contributed by atoms with van der Waals surface area (Å²) in [6.45, 7) is 0. The smallest absolute Gasteiger partial charge is 0.104 e. The quantitative estimate of drug-likeness (QED) is 0.854. The number of ether oxygens (including phenoxy) is 1. The summed E-state index contributed by atoms with van der Waals surface area (Å²) in [6, 6.07) is 12.8. The van der Waals surface area contributed by atoms with Crippen LogP contribution in [0, 0.1) is 0 Å². The topological polar surface area (TPSA) is 47.3 Å². The second-order valence-corrected chi connectivity index (χ2v) is 6.37. The Morgan fingerprint density at radius 3 is 2.62 bits per heavy atom. The number of hydrogen-bond donors (Lipinski definition) is 2. The van der Waals surface area contributed by atoms with Gasteiger partial charge in [-0.05, 0) is 36.8 Å². The zero-order valence-corrected chi connectivity index (χ0v) is 12.5. The maximum atomic E-state index is 5.93. The highest BCUT2D eigenvalue weighted by Crippen LogP contribution is 2.37. The van der Waals surface area contributed by atoms with E-state index in [1.165, 1.54) is 18.2 Å². The van der Waals surface area contributed by atoms with E-state index in [2.05, 4.69) is 23.5 Å². The van der Waals surface area contributed by atoms with Gasteiger partial charge in [0.25, 0.3) is 0 Å². The van der Waals surface area contributed by atoms with Crippen LogP contribution in [0.5, 0.6) is 0 Å². The Balaban J connectivity index is 1.72. The Kier molecular flexibility index (Phi) is 3.08. The van der Waals surface area contributed by atoms with E-state index in [4.69, 9.17) is 22.7 Å². The van der Waals surface area contributed by atoms with Crippen molar-refractivity contribution in [1.82, 2.24) is 0 Å². The van der Waals surface area contributed by atoms with Crippen LogP contribution < -0.4 is 11.1 Å². The third-order valence-corrected chi connectivity index (χ3v) is 4.86. The average molecular weight is 298 g/mol. The number of rotatable bonds is 3. The SMILES string of the molecule is NC(=S)c1ccc(NC2CC3CCC2O3)c2ccccc12. The fourth-order valence-electron chi connectivity index (χ4n) is 3.63. The predicted molar refractivity (Wildman–Crippen MR) is 89.8 cm³/mol. The van der Waals surface area contributed by atoms with Crippen molar-refractivity contribution in [2.45, 2.75) is 37.5 Å². The summed E-state index contributed by atoms with van der Waals surface area (Å²) in [5.74, 6) is 0. The molecule has 3 unspecified atom stereocenters. The van der Waals surface area contributed by atoms with E-state index < -0.39 is 0 Å². The van der Waals surface area contributed by atoms with Gasteiger partial charge in [-0.25, -0.2) is 0 Å². The summed E-state index contributed by atoms with van der Waals surface area (Å²) in [5, 5.41) is 5.95. The molecule has 4 heteroatoms. The molecule has 2 aliphatic rings. The van der Waals surface area contributed by atoms with Gasteiger partial charge in [-0.1, -0.05) is 36.5 Å². The van der Waals surface area contributed by atoms with Gasteiger partial charge >= 0.3 is 0 Å². The minimum absolute atomic E-state index is 0.365. The monoisotopic (exact) mass is 298 g/mol. The molecule has 21 heavy (non-hydrogen) atoms. The number of anilines is 1. The van der Waals surface area contributed by atoms with Gasteiger partial charge in [-0.2, -0.15) is 0 Å². The van der Waals surface area contributed by atoms with Crippen LogP contribution in [0.15, 0.2) is 36.4 Å². The zero-order chi connectivity index (χ0) is 14.4. The van der Waals surface area contributed by atoms with E-state index in [9.17, 15) is 0 Å². The Hall–Kier alpha value is -1.65. The summed E-state index contributed by atoms with van der Waals surface area (Å²) in [4.78, 5) is 0.445. The van der Waals surface area contributed by atoms with Crippen molar-refractivity contribution in [1.29, 1.82) is 0 Å². The van der Waals surface area contributed by atoms with E-state index in [1.807, 2.05) is 18.2 Å². The lowest BCUT2D eigenvalue weighted by atomic mass is 9.94. The molecule has 2 heterocycles. The Morgan fingerprint density at radius 2 is 1.95 bits per heavy atom. The summed E-state index contributed by atoms with van der Waals surface area (Å²) in [6.07, 6.45) is 4.31. The molecule has 3 atom stereocenters. The molecular weight excluding hydrogens is 280 g/mol. The van der Waals surface area contributed by atoms with Crippen LogP contribution in [0.25, 0.3) is 10.8 Å². The molecular formula is C17H18N2OS. The van der Waals surface area contributed by atoms with Gasteiger partial charge in [0.1, 0.15) is 4.99 Å². The van der Waals surface area contributed by atoms with Crippen LogP contribution in [0.3, 0.4) is 0 Å². The molecule has 0 saturated carbocycles. The highest BCUT2D eigenvalue weighted by atomic mass is 32.1. The Morgan fingerprint density at radius 1 is 1.14 bits per heavy atom. The number of nitrogens with two attached hydrogens (primary N) is 1. The average Bonchev–Trinajstić information content (AvgIpc) is 3.10. The standard InChI is InChI=1S/C17H18N2OS/c18-17(21)13-6-7-14(12-4-2-1-3-11(12)13)19-15-9-10-5-8-16(15)20-10/h1-4,6-7,10,15-16,19H,5,8-9H2,(H2,18,21). The molecule has 0 aliphatic carbocycles. The first-order valence-electron chi connectivity index (χ1n) is 7.46. The number of thiocarbonyl (C=S) groups is 1. The molecule has 3 N–H and O–H groups in total. The lowest BCUT2D eigenvalue weighted by Crippen LogP contribution is -2.30. The molecule has 0 radical (unpaired) electrons. The maximum absolute atomic E-state index is 5.93. The first-order valence-corrected chi connectivity index (χ1v) is 7.87. The molecule has 2 bridgehead atoms. The molecule has 2 aliphatic heterocycles. The van der Waals surface area contributed by atoms with Crippen LogP contribution in [-0.2, 0) is 4.74 Å².